The van der Waals surface area contributed by atoms with Crippen LogP contribution in [0, 0.1) is 0 Å². The van der Waals surface area contributed by atoms with Crippen molar-refractivity contribution in [2.24, 2.45) is 5.73 Å². The van der Waals surface area contributed by atoms with Crippen molar-refractivity contribution in [1.29, 1.82) is 0 Å². The maximum Gasteiger partial charge on any atom is 0.00748 e. The van der Waals surface area contributed by atoms with Gasteiger partial charge in [0.1, 0.15) is 0 Å². The Hall–Kier alpha value is -0.860. The van der Waals surface area contributed by atoms with Crippen LogP contribution in [-0.4, -0.2) is 19.6 Å². The molecule has 0 spiro atoms. The van der Waals surface area contributed by atoms with Crippen LogP contribution in [0.4, 0.5) is 0 Å². The minimum atomic E-state index is 0.177. The van der Waals surface area contributed by atoms with E-state index < -0.39 is 0 Å². The summed E-state index contributed by atoms with van der Waals surface area (Å²) in [5.41, 5.74) is 6.98. The third kappa shape index (κ3) is 3.13. The fraction of sp³-hybridized carbons (Fsp3) is 0.500. The molecule has 0 bridgehead atoms. The van der Waals surface area contributed by atoms with Crippen molar-refractivity contribution in [2.75, 3.05) is 19.6 Å². The van der Waals surface area contributed by atoms with Gasteiger partial charge in [-0.3, -0.25) is 0 Å². The Morgan fingerprint density at radius 3 is 2.43 bits per heavy atom. The van der Waals surface area contributed by atoms with Crippen molar-refractivity contribution in [3.63, 3.8) is 0 Å². The first-order valence-corrected chi connectivity index (χ1v) is 5.13. The number of hydrogen-bond acceptors (Lipinski definition) is 2. The van der Waals surface area contributed by atoms with E-state index in [1.165, 1.54) is 5.56 Å². The average molecular weight is 192 g/mol. The summed E-state index contributed by atoms with van der Waals surface area (Å²) in [4.78, 5) is 0. The number of nitrogens with one attached hydrogen (secondary N) is 1. The van der Waals surface area contributed by atoms with Gasteiger partial charge in [0.15, 0.2) is 0 Å². The maximum atomic E-state index is 5.43. The van der Waals surface area contributed by atoms with Gasteiger partial charge in [-0.2, -0.15) is 0 Å². The second-order valence-electron chi connectivity index (χ2n) is 4.22. The van der Waals surface area contributed by atoms with Crippen LogP contribution < -0.4 is 11.1 Å². The van der Waals surface area contributed by atoms with E-state index in [0.717, 1.165) is 13.1 Å². The number of nitrogens with two attached hydrogens (primary N) is 1. The summed E-state index contributed by atoms with van der Waals surface area (Å²) in [6, 6.07) is 10.6. The van der Waals surface area contributed by atoms with Gasteiger partial charge in [0.2, 0.25) is 0 Å². The molecule has 1 aromatic rings. The summed E-state index contributed by atoms with van der Waals surface area (Å²) in [5.74, 6) is 0. The Morgan fingerprint density at radius 2 is 1.86 bits per heavy atom. The minimum absolute atomic E-state index is 0.177. The fourth-order valence-corrected chi connectivity index (χ4v) is 1.49. The van der Waals surface area contributed by atoms with Gasteiger partial charge in [0.05, 0.1) is 0 Å². The predicted octanol–water partition coefficient (Wildman–Crippen LogP) is 1.51. The molecule has 1 rings (SSSR count). The molecule has 0 aromatic heterocycles. The fourth-order valence-electron chi connectivity index (χ4n) is 1.49. The van der Waals surface area contributed by atoms with Crippen LogP contribution in [-0.2, 0) is 5.41 Å². The zero-order chi connectivity index (χ0) is 10.4. The summed E-state index contributed by atoms with van der Waals surface area (Å²) < 4.78 is 0. The topological polar surface area (TPSA) is 38.0 Å². The lowest BCUT2D eigenvalue weighted by Crippen LogP contribution is -2.35. The molecule has 2 nitrogen and oxygen atoms in total. The number of rotatable bonds is 5. The Bertz CT molecular complexity index is 254. The summed E-state index contributed by atoms with van der Waals surface area (Å²) in [6.45, 7) is 7.03. The van der Waals surface area contributed by atoms with Gasteiger partial charge in [-0.1, -0.05) is 44.2 Å². The first-order valence-electron chi connectivity index (χ1n) is 5.13. The molecule has 0 fully saturated rings. The molecule has 0 unspecified atom stereocenters. The molecule has 0 saturated carbocycles. The standard InChI is InChI=1S/C12H20N2/c1-12(2,10-14-9-8-13)11-6-4-3-5-7-11/h3-7,14H,8-10,13H2,1-2H3. The monoisotopic (exact) mass is 192 g/mol. The Labute approximate surface area is 86.5 Å². The molecule has 0 aliphatic rings. The SMILES string of the molecule is CC(C)(CNCCN)c1ccccc1. The highest BCUT2D eigenvalue weighted by atomic mass is 14.9. The Balaban J connectivity index is 2.56. The lowest BCUT2D eigenvalue weighted by Gasteiger charge is -2.25. The van der Waals surface area contributed by atoms with Crippen LogP contribution in [0.2, 0.25) is 0 Å². The van der Waals surface area contributed by atoms with Crippen LogP contribution in [0.25, 0.3) is 0 Å². The summed E-state index contributed by atoms with van der Waals surface area (Å²) in [6.07, 6.45) is 0. The highest BCUT2D eigenvalue weighted by Crippen LogP contribution is 2.21. The lowest BCUT2D eigenvalue weighted by molar-refractivity contribution is 0.473. The van der Waals surface area contributed by atoms with E-state index >= 15 is 0 Å². The molecule has 78 valence electrons. The molecule has 14 heavy (non-hydrogen) atoms. The van der Waals surface area contributed by atoms with Crippen LogP contribution in [0.1, 0.15) is 19.4 Å². The van der Waals surface area contributed by atoms with Crippen LogP contribution in [0.15, 0.2) is 30.3 Å². The zero-order valence-corrected chi connectivity index (χ0v) is 9.09. The molecule has 1 aromatic carbocycles. The van der Waals surface area contributed by atoms with Crippen LogP contribution >= 0.6 is 0 Å². The summed E-state index contributed by atoms with van der Waals surface area (Å²) >= 11 is 0. The third-order valence-electron chi connectivity index (χ3n) is 2.44. The molecule has 0 heterocycles. The third-order valence-corrected chi connectivity index (χ3v) is 2.44. The largest absolute Gasteiger partial charge is 0.329 e. The van der Waals surface area contributed by atoms with Crippen molar-refractivity contribution >= 4 is 0 Å². The first-order chi connectivity index (χ1) is 6.67. The van der Waals surface area contributed by atoms with Crippen molar-refractivity contribution in [2.45, 2.75) is 19.3 Å². The van der Waals surface area contributed by atoms with Gasteiger partial charge < -0.3 is 11.1 Å². The van der Waals surface area contributed by atoms with Crippen molar-refractivity contribution < 1.29 is 0 Å². The molecule has 2 heteroatoms. The van der Waals surface area contributed by atoms with E-state index in [1.54, 1.807) is 0 Å². The van der Waals surface area contributed by atoms with Gasteiger partial charge in [0.25, 0.3) is 0 Å². The Kier molecular flexibility index (Phi) is 4.11. The van der Waals surface area contributed by atoms with Gasteiger partial charge in [-0.05, 0) is 5.56 Å². The van der Waals surface area contributed by atoms with Crippen molar-refractivity contribution in [1.82, 2.24) is 5.32 Å². The van der Waals surface area contributed by atoms with E-state index in [4.69, 9.17) is 5.73 Å². The van der Waals surface area contributed by atoms with Gasteiger partial charge in [-0.15, -0.1) is 0 Å². The highest BCUT2D eigenvalue weighted by molar-refractivity contribution is 5.23. The van der Waals surface area contributed by atoms with Crippen molar-refractivity contribution in [3.05, 3.63) is 35.9 Å². The average Bonchev–Trinajstić information content (AvgIpc) is 2.19. The molecule has 0 amide bonds. The maximum absolute atomic E-state index is 5.43. The molecular formula is C12H20N2. The van der Waals surface area contributed by atoms with E-state index in [0.29, 0.717) is 6.54 Å². The van der Waals surface area contributed by atoms with Gasteiger partial charge in [-0.25, -0.2) is 0 Å². The summed E-state index contributed by atoms with van der Waals surface area (Å²) in [5, 5.41) is 3.35. The summed E-state index contributed by atoms with van der Waals surface area (Å²) in [7, 11) is 0. The molecule has 0 aliphatic heterocycles. The second kappa shape index (κ2) is 5.13. The van der Waals surface area contributed by atoms with E-state index in [-0.39, 0.29) is 5.41 Å². The minimum Gasteiger partial charge on any atom is -0.329 e. The normalized spacial score (nSPS) is 11.6. The van der Waals surface area contributed by atoms with Crippen LogP contribution in [0.3, 0.4) is 0 Å². The highest BCUT2D eigenvalue weighted by Gasteiger charge is 2.18. The molecule has 0 radical (unpaired) electrons. The second-order valence-corrected chi connectivity index (χ2v) is 4.22. The molecule has 0 saturated heterocycles. The zero-order valence-electron chi connectivity index (χ0n) is 9.09. The predicted molar refractivity (Wildman–Crippen MR) is 61.4 cm³/mol. The van der Waals surface area contributed by atoms with Gasteiger partial charge in [0, 0.05) is 25.0 Å². The van der Waals surface area contributed by atoms with Crippen molar-refractivity contribution in [3.8, 4) is 0 Å². The molecule has 0 aliphatic carbocycles. The number of benzene rings is 1. The molecule has 0 atom stereocenters. The van der Waals surface area contributed by atoms with E-state index in [9.17, 15) is 0 Å². The molecule has 3 N–H and O–H groups in total. The smallest absolute Gasteiger partial charge is 0.00748 e. The van der Waals surface area contributed by atoms with E-state index in [2.05, 4.69) is 43.4 Å². The Morgan fingerprint density at radius 1 is 1.21 bits per heavy atom. The number of hydrogen-bond donors (Lipinski definition) is 2. The van der Waals surface area contributed by atoms with Gasteiger partial charge >= 0.3 is 0 Å². The van der Waals surface area contributed by atoms with E-state index in [1.807, 2.05) is 6.07 Å². The van der Waals surface area contributed by atoms with Crippen LogP contribution in [0.5, 0.6) is 0 Å². The first kappa shape index (κ1) is 11.2. The lowest BCUT2D eigenvalue weighted by atomic mass is 9.85. The quantitative estimate of drug-likeness (QED) is 0.694. The molecular weight excluding hydrogens is 172 g/mol.